The van der Waals surface area contributed by atoms with E-state index in [2.05, 4.69) is 33.6 Å². The van der Waals surface area contributed by atoms with Gasteiger partial charge in [0.2, 0.25) is 0 Å². The molecule has 1 fully saturated rings. The summed E-state index contributed by atoms with van der Waals surface area (Å²) in [4.78, 5) is 0. The second-order valence-electron chi connectivity index (χ2n) is 7.50. The quantitative estimate of drug-likeness (QED) is 0.486. The van der Waals surface area contributed by atoms with E-state index in [9.17, 15) is 0 Å². The van der Waals surface area contributed by atoms with Crippen molar-refractivity contribution < 1.29 is 9.47 Å². The van der Waals surface area contributed by atoms with Gasteiger partial charge >= 0.3 is 0 Å². The normalized spacial score (nSPS) is 14.8. The van der Waals surface area contributed by atoms with Crippen LogP contribution in [0.3, 0.4) is 0 Å². The predicted octanol–water partition coefficient (Wildman–Crippen LogP) is 4.71. The van der Waals surface area contributed by atoms with Gasteiger partial charge < -0.3 is 14.8 Å². The van der Waals surface area contributed by atoms with Crippen molar-refractivity contribution >= 4 is 28.5 Å². The van der Waals surface area contributed by atoms with Gasteiger partial charge in [-0.2, -0.15) is 15.9 Å². The number of hydrogen-bond acceptors (Lipinski definition) is 7. The van der Waals surface area contributed by atoms with E-state index in [0.717, 1.165) is 66.9 Å². The minimum atomic E-state index is 0.558. The average molecular weight is 422 g/mol. The fraction of sp³-hybridized carbons (Fsp3) is 0.318. The summed E-state index contributed by atoms with van der Waals surface area (Å²) in [6.45, 7) is 4.46. The van der Waals surface area contributed by atoms with Crippen LogP contribution >= 0.6 is 11.3 Å². The molecule has 5 rings (SSSR count). The highest BCUT2D eigenvalue weighted by Crippen LogP contribution is 2.27. The predicted molar refractivity (Wildman–Crippen MR) is 118 cm³/mol. The van der Waals surface area contributed by atoms with E-state index in [1.807, 2.05) is 41.1 Å². The summed E-state index contributed by atoms with van der Waals surface area (Å²) in [6, 6.07) is 12.0. The molecule has 0 aliphatic carbocycles. The number of nitrogens with zero attached hydrogens (tertiary/aromatic N) is 4. The van der Waals surface area contributed by atoms with Crippen molar-refractivity contribution in [3.8, 4) is 17.1 Å². The van der Waals surface area contributed by atoms with Crippen LogP contribution in [0.2, 0.25) is 0 Å². The van der Waals surface area contributed by atoms with E-state index < -0.39 is 0 Å². The fourth-order valence-electron chi connectivity index (χ4n) is 3.53. The Labute approximate surface area is 178 Å². The summed E-state index contributed by atoms with van der Waals surface area (Å²) in [6.07, 6.45) is 2.12. The standard InChI is InChI=1S/C22H23N5O2S/c1-15-2-3-18(12-19(15)29-13-16-6-9-28-10-7-16)23-20-4-5-21-24-25-22(27(21)26-20)17-8-11-30-14-17/h2-5,8,11-12,14,16H,6-7,9-10,13H2,1H3,(H,23,26). The lowest BCUT2D eigenvalue weighted by atomic mass is 10.0. The second-order valence-corrected chi connectivity index (χ2v) is 8.28. The Bertz CT molecular complexity index is 1140. The van der Waals surface area contributed by atoms with Gasteiger partial charge in [0.05, 0.1) is 6.61 Å². The van der Waals surface area contributed by atoms with Crippen molar-refractivity contribution in [1.82, 2.24) is 19.8 Å². The lowest BCUT2D eigenvalue weighted by Crippen LogP contribution is -2.21. The van der Waals surface area contributed by atoms with Crippen molar-refractivity contribution in [3.05, 3.63) is 52.7 Å². The highest BCUT2D eigenvalue weighted by atomic mass is 32.1. The van der Waals surface area contributed by atoms with Crippen molar-refractivity contribution in [3.63, 3.8) is 0 Å². The Balaban J connectivity index is 1.35. The molecule has 1 aromatic carbocycles. The molecule has 4 aromatic rings. The number of aromatic nitrogens is 4. The van der Waals surface area contributed by atoms with E-state index in [0.29, 0.717) is 11.6 Å². The van der Waals surface area contributed by atoms with Crippen LogP contribution in [0.5, 0.6) is 5.75 Å². The first-order chi connectivity index (χ1) is 14.8. The van der Waals surface area contributed by atoms with E-state index >= 15 is 0 Å². The SMILES string of the molecule is Cc1ccc(Nc2ccc3nnc(-c4ccsc4)n3n2)cc1OCC1CCOCC1. The summed E-state index contributed by atoms with van der Waals surface area (Å²) in [5.74, 6) is 2.91. The van der Waals surface area contributed by atoms with Gasteiger partial charge in [0.25, 0.3) is 0 Å². The number of fused-ring (bicyclic) bond motifs is 1. The summed E-state index contributed by atoms with van der Waals surface area (Å²) in [5.41, 5.74) is 3.77. The molecule has 1 aliphatic rings. The van der Waals surface area contributed by atoms with Crippen molar-refractivity contribution in [1.29, 1.82) is 0 Å². The first kappa shape index (κ1) is 19.0. The maximum atomic E-state index is 6.14. The van der Waals surface area contributed by atoms with E-state index in [-0.39, 0.29) is 0 Å². The van der Waals surface area contributed by atoms with E-state index in [1.165, 1.54) is 0 Å². The van der Waals surface area contributed by atoms with Crippen molar-refractivity contribution in [2.24, 2.45) is 5.92 Å². The first-order valence-corrected chi connectivity index (χ1v) is 11.0. The maximum Gasteiger partial charge on any atom is 0.186 e. The third-order valence-electron chi connectivity index (χ3n) is 5.32. The molecule has 0 bridgehead atoms. The van der Waals surface area contributed by atoms with Crippen LogP contribution in [-0.4, -0.2) is 39.6 Å². The number of aryl methyl sites for hydroxylation is 1. The third kappa shape index (κ3) is 4.01. The number of anilines is 2. The largest absolute Gasteiger partial charge is 0.493 e. The number of ether oxygens (including phenoxy) is 2. The zero-order valence-corrected chi connectivity index (χ0v) is 17.6. The minimum absolute atomic E-state index is 0.558. The summed E-state index contributed by atoms with van der Waals surface area (Å²) in [5, 5.41) is 20.6. The molecule has 0 spiro atoms. The van der Waals surface area contributed by atoms with Crippen LogP contribution in [0.1, 0.15) is 18.4 Å². The van der Waals surface area contributed by atoms with Gasteiger partial charge in [-0.25, -0.2) is 0 Å². The van der Waals surface area contributed by atoms with Gasteiger partial charge in [0.1, 0.15) is 5.75 Å². The second kappa shape index (κ2) is 8.41. The molecule has 3 aromatic heterocycles. The van der Waals surface area contributed by atoms with Gasteiger partial charge in [-0.3, -0.25) is 0 Å². The molecule has 1 saturated heterocycles. The first-order valence-electron chi connectivity index (χ1n) is 10.1. The maximum absolute atomic E-state index is 6.14. The molecule has 0 atom stereocenters. The Morgan fingerprint density at radius 1 is 1.17 bits per heavy atom. The molecule has 1 aliphatic heterocycles. The lowest BCUT2D eigenvalue weighted by Gasteiger charge is -2.22. The molecule has 154 valence electrons. The van der Waals surface area contributed by atoms with Crippen LogP contribution in [0, 0.1) is 12.8 Å². The van der Waals surface area contributed by atoms with Crippen LogP contribution < -0.4 is 10.1 Å². The number of nitrogens with one attached hydrogen (secondary N) is 1. The average Bonchev–Trinajstić information content (AvgIpc) is 3.44. The summed E-state index contributed by atoms with van der Waals surface area (Å²) < 4.78 is 13.3. The van der Waals surface area contributed by atoms with Gasteiger partial charge in [-0.05, 0) is 60.9 Å². The highest BCUT2D eigenvalue weighted by molar-refractivity contribution is 7.08. The van der Waals surface area contributed by atoms with Gasteiger partial charge in [-0.15, -0.1) is 15.3 Å². The molecule has 4 heterocycles. The topological polar surface area (TPSA) is 73.6 Å². The van der Waals surface area contributed by atoms with Crippen molar-refractivity contribution in [2.45, 2.75) is 19.8 Å². The minimum Gasteiger partial charge on any atom is -0.493 e. The Morgan fingerprint density at radius 3 is 2.90 bits per heavy atom. The highest BCUT2D eigenvalue weighted by Gasteiger charge is 2.15. The molecular weight excluding hydrogens is 398 g/mol. The van der Waals surface area contributed by atoms with Crippen LogP contribution in [0.4, 0.5) is 11.5 Å². The molecule has 1 N–H and O–H groups in total. The zero-order chi connectivity index (χ0) is 20.3. The monoisotopic (exact) mass is 421 g/mol. The molecule has 30 heavy (non-hydrogen) atoms. The number of thiophene rings is 1. The lowest BCUT2D eigenvalue weighted by molar-refractivity contribution is 0.0496. The molecule has 8 heteroatoms. The van der Waals surface area contributed by atoms with Crippen LogP contribution in [-0.2, 0) is 4.74 Å². The number of rotatable bonds is 6. The molecule has 7 nitrogen and oxygen atoms in total. The Morgan fingerprint density at radius 2 is 2.07 bits per heavy atom. The van der Waals surface area contributed by atoms with Gasteiger partial charge in [0, 0.05) is 35.9 Å². The molecular formula is C22H23N5O2S. The van der Waals surface area contributed by atoms with Crippen molar-refractivity contribution in [2.75, 3.05) is 25.1 Å². The Kier molecular flexibility index (Phi) is 5.33. The fourth-order valence-corrected chi connectivity index (χ4v) is 4.16. The zero-order valence-electron chi connectivity index (χ0n) is 16.7. The molecule has 0 unspecified atom stereocenters. The van der Waals surface area contributed by atoms with E-state index in [4.69, 9.17) is 9.47 Å². The van der Waals surface area contributed by atoms with E-state index in [1.54, 1.807) is 15.9 Å². The summed E-state index contributed by atoms with van der Waals surface area (Å²) in [7, 11) is 0. The molecule has 0 amide bonds. The smallest absolute Gasteiger partial charge is 0.186 e. The van der Waals surface area contributed by atoms with Gasteiger partial charge in [-0.1, -0.05) is 6.07 Å². The Hall–Kier alpha value is -2.97. The third-order valence-corrected chi connectivity index (χ3v) is 6.00. The van der Waals surface area contributed by atoms with Crippen LogP contribution in [0.15, 0.2) is 47.2 Å². The van der Waals surface area contributed by atoms with Crippen LogP contribution in [0.25, 0.3) is 17.0 Å². The van der Waals surface area contributed by atoms with Gasteiger partial charge in [0.15, 0.2) is 17.3 Å². The summed E-state index contributed by atoms with van der Waals surface area (Å²) >= 11 is 1.63. The molecule has 0 radical (unpaired) electrons. The number of hydrogen-bond donors (Lipinski definition) is 1. The molecule has 0 saturated carbocycles. The number of benzene rings is 1.